The monoisotopic (exact) mass is 319 g/mol. The minimum atomic E-state index is -0.971. The van der Waals surface area contributed by atoms with Crippen molar-refractivity contribution in [2.75, 3.05) is 13.6 Å². The molecular formula is C15H21N5O3. The number of nitrogens with zero attached hydrogens (tertiary/aromatic N) is 4. The number of rotatable bonds is 5. The third kappa shape index (κ3) is 3.64. The molecule has 8 nitrogen and oxygen atoms in total. The average Bonchev–Trinajstić information content (AvgIpc) is 2.69. The van der Waals surface area contributed by atoms with Crippen molar-refractivity contribution < 1.29 is 14.4 Å². The summed E-state index contributed by atoms with van der Waals surface area (Å²) in [6, 6.07) is -0.670. The summed E-state index contributed by atoms with van der Waals surface area (Å²) in [5, 5.41) is 2.55. The Morgan fingerprint density at radius 1 is 1.39 bits per heavy atom. The second kappa shape index (κ2) is 6.31. The van der Waals surface area contributed by atoms with E-state index in [1.54, 1.807) is 39.5 Å². The first-order valence-corrected chi connectivity index (χ1v) is 7.37. The number of urea groups is 1. The van der Waals surface area contributed by atoms with Crippen LogP contribution in [0.5, 0.6) is 0 Å². The van der Waals surface area contributed by atoms with E-state index in [1.165, 1.54) is 4.90 Å². The number of carbonyl (C=O) groups is 3. The molecule has 1 aliphatic rings. The molecule has 124 valence electrons. The summed E-state index contributed by atoms with van der Waals surface area (Å²) in [5.74, 6) is -0.701. The van der Waals surface area contributed by atoms with Crippen molar-refractivity contribution in [3.8, 4) is 0 Å². The molecule has 0 saturated carbocycles. The van der Waals surface area contributed by atoms with Gasteiger partial charge >= 0.3 is 6.03 Å². The van der Waals surface area contributed by atoms with Crippen LogP contribution >= 0.6 is 0 Å². The van der Waals surface area contributed by atoms with Crippen LogP contribution < -0.4 is 5.32 Å². The molecular weight excluding hydrogens is 298 g/mol. The van der Waals surface area contributed by atoms with Gasteiger partial charge in [-0.1, -0.05) is 0 Å². The molecule has 23 heavy (non-hydrogen) atoms. The molecule has 0 aromatic carbocycles. The Kier molecular flexibility index (Phi) is 4.63. The van der Waals surface area contributed by atoms with Gasteiger partial charge in [-0.2, -0.15) is 0 Å². The maximum atomic E-state index is 12.3. The second-order valence-corrected chi connectivity index (χ2v) is 6.20. The molecule has 0 radical (unpaired) electrons. The minimum absolute atomic E-state index is 0.132. The van der Waals surface area contributed by atoms with E-state index in [0.29, 0.717) is 6.42 Å². The van der Waals surface area contributed by atoms with Gasteiger partial charge in [-0.25, -0.2) is 4.79 Å². The van der Waals surface area contributed by atoms with Crippen LogP contribution in [0.1, 0.15) is 26.5 Å². The fourth-order valence-electron chi connectivity index (χ4n) is 2.33. The molecule has 1 fully saturated rings. The fraction of sp³-hybridized carbons (Fsp3) is 0.533. The van der Waals surface area contributed by atoms with Crippen LogP contribution in [0.4, 0.5) is 4.79 Å². The van der Waals surface area contributed by atoms with E-state index in [0.717, 1.165) is 10.6 Å². The fourth-order valence-corrected chi connectivity index (χ4v) is 2.33. The molecule has 8 heteroatoms. The summed E-state index contributed by atoms with van der Waals surface area (Å²) in [6.07, 6.45) is 5.37. The summed E-state index contributed by atoms with van der Waals surface area (Å²) in [7, 11) is 1.65. The lowest BCUT2D eigenvalue weighted by Crippen LogP contribution is -2.46. The molecule has 2 rings (SSSR count). The van der Waals surface area contributed by atoms with Gasteiger partial charge in [0.25, 0.3) is 5.91 Å². The molecule has 1 aromatic heterocycles. The van der Waals surface area contributed by atoms with Gasteiger partial charge in [-0.3, -0.25) is 24.5 Å². The van der Waals surface area contributed by atoms with Crippen molar-refractivity contribution >= 4 is 17.8 Å². The number of carbonyl (C=O) groups excluding carboxylic acids is 3. The van der Waals surface area contributed by atoms with Crippen LogP contribution in [-0.4, -0.2) is 62.8 Å². The zero-order valence-electron chi connectivity index (χ0n) is 13.7. The number of amides is 4. The summed E-state index contributed by atoms with van der Waals surface area (Å²) < 4.78 is 0. The van der Waals surface area contributed by atoms with Gasteiger partial charge in [-0.15, -0.1) is 0 Å². The molecule has 1 N–H and O–H groups in total. The van der Waals surface area contributed by atoms with Crippen molar-refractivity contribution in [1.29, 1.82) is 0 Å². The molecule has 0 unspecified atom stereocenters. The van der Waals surface area contributed by atoms with Crippen molar-refractivity contribution in [2.24, 2.45) is 0 Å². The highest BCUT2D eigenvalue weighted by molar-refractivity contribution is 6.08. The summed E-state index contributed by atoms with van der Waals surface area (Å²) >= 11 is 0. The van der Waals surface area contributed by atoms with E-state index >= 15 is 0 Å². The Bertz CT molecular complexity index is 617. The van der Waals surface area contributed by atoms with Crippen molar-refractivity contribution in [3.05, 3.63) is 24.3 Å². The predicted octanol–water partition coefficient (Wildman–Crippen LogP) is 0.196. The molecule has 1 saturated heterocycles. The van der Waals surface area contributed by atoms with Crippen LogP contribution in [0.25, 0.3) is 0 Å². The molecule has 0 spiro atoms. The Morgan fingerprint density at radius 3 is 2.61 bits per heavy atom. The third-order valence-electron chi connectivity index (χ3n) is 3.91. The normalized spacial score (nSPS) is 17.8. The molecule has 0 aliphatic carbocycles. The number of likely N-dealkylation sites (N-methyl/N-ethyl adjacent to an activating group) is 1. The number of nitrogens with one attached hydrogen (secondary N) is 1. The van der Waals surface area contributed by atoms with Gasteiger partial charge in [0, 0.05) is 38.1 Å². The Morgan fingerprint density at radius 2 is 2.09 bits per heavy atom. The van der Waals surface area contributed by atoms with Gasteiger partial charge in [0.1, 0.15) is 12.1 Å². The second-order valence-electron chi connectivity index (χ2n) is 6.20. The van der Waals surface area contributed by atoms with Crippen molar-refractivity contribution in [3.63, 3.8) is 0 Å². The first-order valence-electron chi connectivity index (χ1n) is 7.37. The molecule has 1 aromatic rings. The predicted molar refractivity (Wildman–Crippen MR) is 82.3 cm³/mol. The number of aromatic nitrogens is 2. The van der Waals surface area contributed by atoms with E-state index in [1.807, 2.05) is 6.92 Å². The average molecular weight is 319 g/mol. The lowest BCUT2D eigenvalue weighted by molar-refractivity contribution is -0.138. The van der Waals surface area contributed by atoms with E-state index in [9.17, 15) is 14.4 Å². The summed E-state index contributed by atoms with van der Waals surface area (Å²) in [6.45, 7) is 4.83. The number of hydrogen-bond acceptors (Lipinski definition) is 5. The highest BCUT2D eigenvalue weighted by atomic mass is 16.2. The summed E-state index contributed by atoms with van der Waals surface area (Å²) in [4.78, 5) is 46.9. The Hall–Kier alpha value is -2.51. The molecule has 4 amide bonds. The van der Waals surface area contributed by atoms with Gasteiger partial charge in [0.2, 0.25) is 5.91 Å². The van der Waals surface area contributed by atoms with Crippen LogP contribution in [-0.2, 0) is 16.0 Å². The SMILES string of the molecule is C[C@@H](Cc1cnccn1)N(C)C(=O)CN1C(=O)NC(C)(C)C1=O. The van der Waals surface area contributed by atoms with Crippen LogP contribution in [0.2, 0.25) is 0 Å². The van der Waals surface area contributed by atoms with Crippen LogP contribution in [0, 0.1) is 0 Å². The van der Waals surface area contributed by atoms with E-state index in [4.69, 9.17) is 0 Å². The lowest BCUT2D eigenvalue weighted by Gasteiger charge is -2.26. The number of imide groups is 1. The van der Waals surface area contributed by atoms with E-state index in [-0.39, 0.29) is 18.5 Å². The zero-order chi connectivity index (χ0) is 17.2. The van der Waals surface area contributed by atoms with E-state index in [2.05, 4.69) is 15.3 Å². The maximum absolute atomic E-state index is 12.3. The minimum Gasteiger partial charge on any atom is -0.341 e. The molecule has 0 bridgehead atoms. The molecule has 1 atom stereocenters. The zero-order valence-corrected chi connectivity index (χ0v) is 13.7. The third-order valence-corrected chi connectivity index (χ3v) is 3.91. The van der Waals surface area contributed by atoms with Crippen molar-refractivity contribution in [1.82, 2.24) is 25.1 Å². The summed E-state index contributed by atoms with van der Waals surface area (Å²) in [5.41, 5.74) is -0.197. The van der Waals surface area contributed by atoms with Crippen molar-refractivity contribution in [2.45, 2.75) is 38.8 Å². The van der Waals surface area contributed by atoms with E-state index < -0.39 is 17.5 Å². The Balaban J connectivity index is 1.97. The number of hydrogen-bond donors (Lipinski definition) is 1. The lowest BCUT2D eigenvalue weighted by atomic mass is 10.1. The highest BCUT2D eigenvalue weighted by Gasteiger charge is 2.45. The molecule has 2 heterocycles. The van der Waals surface area contributed by atoms with Gasteiger partial charge in [0.15, 0.2) is 0 Å². The van der Waals surface area contributed by atoms with Gasteiger partial charge < -0.3 is 10.2 Å². The first-order chi connectivity index (χ1) is 10.7. The van der Waals surface area contributed by atoms with Gasteiger partial charge in [-0.05, 0) is 20.8 Å². The topological polar surface area (TPSA) is 95.5 Å². The van der Waals surface area contributed by atoms with Gasteiger partial charge in [0.05, 0.1) is 5.69 Å². The first kappa shape index (κ1) is 16.9. The van der Waals surface area contributed by atoms with Crippen LogP contribution in [0.3, 0.4) is 0 Å². The largest absolute Gasteiger partial charge is 0.341 e. The highest BCUT2D eigenvalue weighted by Crippen LogP contribution is 2.16. The maximum Gasteiger partial charge on any atom is 0.325 e. The standard InChI is InChI=1S/C15H21N5O3/c1-10(7-11-8-16-5-6-17-11)19(4)12(21)9-20-13(22)15(2,3)18-14(20)23/h5-6,8,10H,7,9H2,1-4H3,(H,18,23)/t10-/m0/s1. The quantitative estimate of drug-likeness (QED) is 0.782. The smallest absolute Gasteiger partial charge is 0.325 e. The Labute approximate surface area is 134 Å². The molecule has 1 aliphatic heterocycles. The van der Waals surface area contributed by atoms with Crippen LogP contribution in [0.15, 0.2) is 18.6 Å².